The van der Waals surface area contributed by atoms with E-state index in [9.17, 15) is 9.18 Å². The first kappa shape index (κ1) is 23.9. The number of likely N-dealkylation sites (tertiary alicyclic amines) is 1. The molecule has 6 heteroatoms. The quantitative estimate of drug-likeness (QED) is 0.276. The number of aromatic nitrogens is 1. The van der Waals surface area contributed by atoms with Crippen LogP contribution in [0.5, 0.6) is 0 Å². The summed E-state index contributed by atoms with van der Waals surface area (Å²) in [5.74, 6) is 0.218. The van der Waals surface area contributed by atoms with Crippen LogP contribution in [0.1, 0.15) is 54.8 Å². The largest absolute Gasteiger partial charge is 0.356 e. The number of carbonyl (C=O) groups is 1. The van der Waals surface area contributed by atoms with Crippen molar-refractivity contribution >= 4 is 28.3 Å². The van der Waals surface area contributed by atoms with Crippen molar-refractivity contribution < 1.29 is 13.7 Å². The average Bonchev–Trinajstić information content (AvgIpc) is 3.26. The summed E-state index contributed by atoms with van der Waals surface area (Å²) in [6.07, 6.45) is 6.35. The number of unbranched alkanes of at least 4 members (excludes halogenated alkanes) is 1. The number of fused-ring (bicyclic) bond motifs is 3. The molecular weight excluding hydrogens is 465 g/mol. The zero-order valence-electron chi connectivity index (χ0n) is 21.0. The van der Waals surface area contributed by atoms with Crippen molar-refractivity contribution in [3.8, 4) is 0 Å². The number of benzene rings is 3. The van der Waals surface area contributed by atoms with Crippen molar-refractivity contribution in [3.05, 3.63) is 89.4 Å². The van der Waals surface area contributed by atoms with Gasteiger partial charge in [0.1, 0.15) is 5.82 Å². The lowest BCUT2D eigenvalue weighted by Gasteiger charge is -2.31. The maximum atomic E-state index is 13.5. The van der Waals surface area contributed by atoms with Crippen LogP contribution in [0.25, 0.3) is 11.0 Å². The maximum absolute atomic E-state index is 13.5. The zero-order chi connectivity index (χ0) is 25.2. The van der Waals surface area contributed by atoms with Gasteiger partial charge in [0.15, 0.2) is 5.58 Å². The summed E-state index contributed by atoms with van der Waals surface area (Å²) in [5, 5.41) is 5.19. The maximum Gasteiger partial charge on any atom is 0.231 e. The Labute approximate surface area is 216 Å². The van der Waals surface area contributed by atoms with E-state index in [1.165, 1.54) is 23.3 Å². The van der Waals surface area contributed by atoms with Gasteiger partial charge in [0.2, 0.25) is 5.91 Å². The van der Waals surface area contributed by atoms with Crippen LogP contribution >= 0.6 is 0 Å². The summed E-state index contributed by atoms with van der Waals surface area (Å²) in [4.78, 5) is 17.9. The molecule has 0 saturated carbocycles. The highest BCUT2D eigenvalue weighted by Gasteiger charge is 2.27. The highest BCUT2D eigenvalue weighted by molar-refractivity contribution is 6.02. The molecule has 0 aliphatic carbocycles. The summed E-state index contributed by atoms with van der Waals surface area (Å²) in [5.41, 5.74) is 6.01. The van der Waals surface area contributed by atoms with Crippen LogP contribution in [-0.2, 0) is 17.6 Å². The summed E-state index contributed by atoms with van der Waals surface area (Å²) >= 11 is 0. The number of rotatable bonds is 6. The van der Waals surface area contributed by atoms with E-state index in [-0.39, 0.29) is 11.7 Å². The minimum absolute atomic E-state index is 0.176. The van der Waals surface area contributed by atoms with Gasteiger partial charge >= 0.3 is 0 Å². The molecule has 37 heavy (non-hydrogen) atoms. The van der Waals surface area contributed by atoms with Crippen molar-refractivity contribution in [2.45, 2.75) is 50.9 Å². The van der Waals surface area contributed by atoms with E-state index in [1.807, 2.05) is 17.0 Å². The van der Waals surface area contributed by atoms with Gasteiger partial charge < -0.3 is 9.42 Å². The Morgan fingerprint density at radius 3 is 2.30 bits per heavy atom. The molecular formula is C31H32FN3O2. The molecule has 1 fully saturated rings. The van der Waals surface area contributed by atoms with E-state index in [0.29, 0.717) is 17.9 Å². The number of halogens is 1. The first-order valence-corrected chi connectivity index (χ1v) is 13.4. The SMILES string of the molecule is O=C(CCCCN1CCC(c2noc3cc(F)ccc23)CC1)N1c2ccccc2CCc2ccccc21. The molecule has 0 radical (unpaired) electrons. The summed E-state index contributed by atoms with van der Waals surface area (Å²) in [6.45, 7) is 3.00. The first-order chi connectivity index (χ1) is 18.2. The van der Waals surface area contributed by atoms with E-state index < -0.39 is 0 Å². The lowest BCUT2D eigenvalue weighted by molar-refractivity contribution is -0.118. The standard InChI is InChI=1S/C31H32FN3O2/c32-25-14-15-26-29(21-25)37-33-31(26)24-16-19-34(20-17-24)18-6-5-11-30(36)35-27-9-3-1-7-22(27)12-13-23-8-2-4-10-28(23)35/h1-4,7-10,14-15,21,24H,5-6,11-13,16-20H2. The number of para-hydroxylation sites is 2. The van der Waals surface area contributed by atoms with E-state index >= 15 is 0 Å². The Morgan fingerprint density at radius 1 is 0.919 bits per heavy atom. The Balaban J connectivity index is 1.03. The highest BCUT2D eigenvalue weighted by atomic mass is 19.1. The monoisotopic (exact) mass is 497 g/mol. The second-order valence-corrected chi connectivity index (χ2v) is 10.3. The Hall–Kier alpha value is -3.51. The van der Waals surface area contributed by atoms with Gasteiger partial charge in [-0.3, -0.25) is 9.69 Å². The van der Waals surface area contributed by atoms with E-state index in [2.05, 4.69) is 46.5 Å². The van der Waals surface area contributed by atoms with Gasteiger partial charge in [-0.25, -0.2) is 4.39 Å². The van der Waals surface area contributed by atoms with Gasteiger partial charge in [-0.2, -0.15) is 0 Å². The van der Waals surface area contributed by atoms with E-state index in [0.717, 1.165) is 80.6 Å². The van der Waals surface area contributed by atoms with Crippen molar-refractivity contribution in [2.75, 3.05) is 24.5 Å². The minimum atomic E-state index is -0.298. The predicted octanol–water partition coefficient (Wildman–Crippen LogP) is 6.78. The van der Waals surface area contributed by atoms with Gasteiger partial charge in [-0.15, -0.1) is 0 Å². The molecule has 0 spiro atoms. The summed E-state index contributed by atoms with van der Waals surface area (Å²) in [6, 6.07) is 21.3. The molecule has 1 saturated heterocycles. The molecule has 3 heterocycles. The van der Waals surface area contributed by atoms with Gasteiger partial charge in [0, 0.05) is 23.8 Å². The van der Waals surface area contributed by atoms with Gasteiger partial charge in [-0.05, 0) is 93.6 Å². The van der Waals surface area contributed by atoms with Crippen molar-refractivity contribution in [1.29, 1.82) is 0 Å². The van der Waals surface area contributed by atoms with Crippen LogP contribution in [0.2, 0.25) is 0 Å². The number of carbonyl (C=O) groups excluding carboxylic acids is 1. The van der Waals surface area contributed by atoms with Gasteiger partial charge in [-0.1, -0.05) is 41.6 Å². The minimum Gasteiger partial charge on any atom is -0.356 e. The number of amides is 1. The lowest BCUT2D eigenvalue weighted by Crippen LogP contribution is -2.34. The molecule has 3 aromatic carbocycles. The van der Waals surface area contributed by atoms with E-state index in [4.69, 9.17) is 4.52 Å². The average molecular weight is 498 g/mol. The Bertz CT molecular complexity index is 1360. The molecule has 0 unspecified atom stereocenters. The third-order valence-corrected chi connectivity index (χ3v) is 7.93. The van der Waals surface area contributed by atoms with Crippen LogP contribution in [0.3, 0.4) is 0 Å². The van der Waals surface area contributed by atoms with Crippen LogP contribution in [-0.4, -0.2) is 35.6 Å². The number of hydrogen-bond acceptors (Lipinski definition) is 4. The zero-order valence-corrected chi connectivity index (χ0v) is 21.0. The molecule has 4 aromatic rings. The van der Waals surface area contributed by atoms with Crippen molar-refractivity contribution in [1.82, 2.24) is 10.1 Å². The second-order valence-electron chi connectivity index (χ2n) is 10.3. The number of aryl methyl sites for hydroxylation is 2. The number of piperidine rings is 1. The van der Waals surface area contributed by atoms with Crippen LogP contribution < -0.4 is 4.90 Å². The second kappa shape index (κ2) is 10.5. The molecule has 2 aliphatic rings. The highest BCUT2D eigenvalue weighted by Crippen LogP contribution is 2.37. The summed E-state index contributed by atoms with van der Waals surface area (Å²) in [7, 11) is 0. The van der Waals surface area contributed by atoms with E-state index in [1.54, 1.807) is 6.07 Å². The van der Waals surface area contributed by atoms with Crippen LogP contribution in [0.15, 0.2) is 71.3 Å². The molecule has 6 rings (SSSR count). The predicted molar refractivity (Wildman–Crippen MR) is 144 cm³/mol. The number of hydrogen-bond donors (Lipinski definition) is 0. The molecule has 5 nitrogen and oxygen atoms in total. The normalized spacial score (nSPS) is 16.4. The lowest BCUT2D eigenvalue weighted by atomic mass is 9.91. The molecule has 2 aliphatic heterocycles. The van der Waals surface area contributed by atoms with Crippen LogP contribution in [0, 0.1) is 5.82 Å². The third kappa shape index (κ3) is 4.90. The third-order valence-electron chi connectivity index (χ3n) is 7.93. The molecule has 0 N–H and O–H groups in total. The summed E-state index contributed by atoms with van der Waals surface area (Å²) < 4.78 is 18.8. The Morgan fingerprint density at radius 2 is 1.59 bits per heavy atom. The molecule has 1 amide bonds. The Kier molecular flexibility index (Phi) is 6.75. The fourth-order valence-corrected chi connectivity index (χ4v) is 5.93. The van der Waals surface area contributed by atoms with Gasteiger partial charge in [0.25, 0.3) is 0 Å². The molecule has 0 atom stereocenters. The topological polar surface area (TPSA) is 49.6 Å². The van der Waals surface area contributed by atoms with Crippen molar-refractivity contribution in [3.63, 3.8) is 0 Å². The fourth-order valence-electron chi connectivity index (χ4n) is 5.93. The van der Waals surface area contributed by atoms with Crippen LogP contribution in [0.4, 0.5) is 15.8 Å². The molecule has 0 bridgehead atoms. The number of nitrogens with zero attached hydrogens (tertiary/aromatic N) is 3. The smallest absolute Gasteiger partial charge is 0.231 e. The van der Waals surface area contributed by atoms with Crippen molar-refractivity contribution in [2.24, 2.45) is 0 Å². The molecule has 190 valence electrons. The van der Waals surface area contributed by atoms with Gasteiger partial charge in [0.05, 0.1) is 17.1 Å². The number of anilines is 2. The fraction of sp³-hybridized carbons (Fsp3) is 0.355. The first-order valence-electron chi connectivity index (χ1n) is 13.4. The molecule has 1 aromatic heterocycles.